The number of ether oxygens (including phenoxy) is 2. The van der Waals surface area contributed by atoms with Gasteiger partial charge in [-0.15, -0.1) is 0 Å². The molecule has 0 unspecified atom stereocenters. The Labute approximate surface area is 163 Å². The van der Waals surface area contributed by atoms with Gasteiger partial charge < -0.3 is 13.9 Å². The van der Waals surface area contributed by atoms with Crippen molar-refractivity contribution in [2.75, 3.05) is 28.3 Å². The highest BCUT2D eigenvalue weighted by Crippen LogP contribution is 2.25. The summed E-state index contributed by atoms with van der Waals surface area (Å²) in [5.74, 6) is -0.635. The first-order valence-corrected chi connectivity index (χ1v) is 10.7. The first-order valence-electron chi connectivity index (χ1n) is 7.83. The van der Waals surface area contributed by atoms with Gasteiger partial charge >= 0.3 is 5.97 Å². The minimum atomic E-state index is -3.86. The van der Waals surface area contributed by atoms with Gasteiger partial charge in [0.2, 0.25) is 15.1 Å². The maximum Gasteiger partial charge on any atom is 0.338 e. The number of rotatable bonds is 8. The van der Waals surface area contributed by atoms with Crippen LogP contribution in [0, 0.1) is 0 Å². The number of carbonyl (C=O) groups is 1. The number of carbonyl (C=O) groups excluding carboxylic acids is 1. The zero-order valence-electron chi connectivity index (χ0n) is 15.6. The van der Waals surface area contributed by atoms with Crippen LogP contribution in [-0.4, -0.2) is 55.4 Å². The fourth-order valence-electron chi connectivity index (χ4n) is 2.10. The van der Waals surface area contributed by atoms with Crippen LogP contribution >= 0.6 is 0 Å². The van der Waals surface area contributed by atoms with Crippen LogP contribution in [-0.2, 0) is 31.4 Å². The normalized spacial score (nSPS) is 12.2. The molecule has 28 heavy (non-hydrogen) atoms. The second-order valence-electron chi connectivity index (χ2n) is 5.66. The first-order chi connectivity index (χ1) is 13.0. The van der Waals surface area contributed by atoms with E-state index in [-0.39, 0.29) is 33.7 Å². The second kappa shape index (κ2) is 8.31. The smallest absolute Gasteiger partial charge is 0.338 e. The summed E-state index contributed by atoms with van der Waals surface area (Å²) in [6.45, 7) is -0.331. The highest BCUT2D eigenvalue weighted by Gasteiger charge is 2.23. The fraction of sp³-hybridized carbons (Fsp3) is 0.312. The average molecular weight is 432 g/mol. The van der Waals surface area contributed by atoms with Crippen molar-refractivity contribution in [1.82, 2.24) is 9.03 Å². The number of hydrogen-bond donors (Lipinski definition) is 1. The van der Waals surface area contributed by atoms with Crippen molar-refractivity contribution < 1.29 is 35.5 Å². The van der Waals surface area contributed by atoms with Crippen LogP contribution in [0.3, 0.4) is 0 Å². The van der Waals surface area contributed by atoms with E-state index in [1.807, 2.05) is 0 Å². The van der Waals surface area contributed by atoms with E-state index in [0.717, 1.165) is 10.4 Å². The zero-order chi connectivity index (χ0) is 21.1. The van der Waals surface area contributed by atoms with Gasteiger partial charge in [-0.1, -0.05) is 0 Å². The maximum absolute atomic E-state index is 12.3. The number of benzene rings is 1. The molecule has 0 aliphatic rings. The number of furan rings is 1. The highest BCUT2D eigenvalue weighted by molar-refractivity contribution is 7.89. The van der Waals surface area contributed by atoms with Crippen molar-refractivity contribution in [2.24, 2.45) is 0 Å². The van der Waals surface area contributed by atoms with Crippen LogP contribution in [0.25, 0.3) is 0 Å². The van der Waals surface area contributed by atoms with Gasteiger partial charge in [0.1, 0.15) is 23.0 Å². The third-order valence-electron chi connectivity index (χ3n) is 3.68. The molecule has 0 spiro atoms. The summed E-state index contributed by atoms with van der Waals surface area (Å²) in [4.78, 5) is 12.0. The van der Waals surface area contributed by atoms with Gasteiger partial charge in [-0.05, 0) is 37.4 Å². The molecular weight excluding hydrogens is 412 g/mol. The first kappa shape index (κ1) is 21.9. The molecule has 0 saturated carbocycles. The number of methoxy groups -OCH3 is 1. The Morgan fingerprint density at radius 1 is 1.14 bits per heavy atom. The Morgan fingerprint density at radius 3 is 2.39 bits per heavy atom. The van der Waals surface area contributed by atoms with Gasteiger partial charge in [-0.3, -0.25) is 0 Å². The van der Waals surface area contributed by atoms with Gasteiger partial charge in [-0.2, -0.15) is 0 Å². The summed E-state index contributed by atoms with van der Waals surface area (Å²) < 4.78 is 66.5. The van der Waals surface area contributed by atoms with Crippen LogP contribution in [0.5, 0.6) is 5.75 Å². The van der Waals surface area contributed by atoms with Gasteiger partial charge in [0.05, 0.1) is 12.7 Å². The molecule has 12 heteroatoms. The van der Waals surface area contributed by atoms with E-state index in [4.69, 9.17) is 13.9 Å². The molecule has 1 heterocycles. The molecule has 0 aliphatic heterocycles. The van der Waals surface area contributed by atoms with Crippen LogP contribution < -0.4 is 9.46 Å². The lowest BCUT2D eigenvalue weighted by Crippen LogP contribution is -2.21. The summed E-state index contributed by atoms with van der Waals surface area (Å²) in [7, 11) is -2.34. The lowest BCUT2D eigenvalue weighted by Gasteiger charge is -2.10. The zero-order valence-corrected chi connectivity index (χ0v) is 17.3. The fourth-order valence-corrected chi connectivity index (χ4v) is 3.83. The molecular formula is C16H20N2O8S2. The lowest BCUT2D eigenvalue weighted by molar-refractivity contribution is 0.0440. The Bertz CT molecular complexity index is 1070. The minimum absolute atomic E-state index is 0.0256. The molecule has 1 aromatic carbocycles. The number of nitrogens with one attached hydrogen (secondary N) is 1. The van der Waals surface area contributed by atoms with Gasteiger partial charge in [-0.25, -0.2) is 30.7 Å². The standard InChI is InChI=1S/C16H20N2O8S2/c1-17-27(20,21)14-9-11(5-7-13(14)24-4)16(19)25-10-12-6-8-15(26-12)28(22,23)18(2)3/h5-9,17H,10H2,1-4H3. The average Bonchev–Trinajstić information content (AvgIpc) is 3.15. The lowest BCUT2D eigenvalue weighted by atomic mass is 10.2. The molecule has 0 saturated heterocycles. The molecule has 0 fully saturated rings. The van der Waals surface area contributed by atoms with Crippen molar-refractivity contribution in [3.63, 3.8) is 0 Å². The Kier molecular flexibility index (Phi) is 6.49. The molecule has 0 amide bonds. The summed E-state index contributed by atoms with van der Waals surface area (Å²) in [6.07, 6.45) is 0. The summed E-state index contributed by atoms with van der Waals surface area (Å²) in [6, 6.07) is 6.42. The number of hydrogen-bond acceptors (Lipinski definition) is 8. The van der Waals surface area contributed by atoms with Crippen LogP contribution in [0.1, 0.15) is 16.1 Å². The molecule has 154 valence electrons. The van der Waals surface area contributed by atoms with E-state index >= 15 is 0 Å². The Balaban J connectivity index is 2.19. The van der Waals surface area contributed by atoms with Crippen molar-refractivity contribution in [3.8, 4) is 5.75 Å². The van der Waals surface area contributed by atoms with Crippen molar-refractivity contribution in [1.29, 1.82) is 0 Å². The largest absolute Gasteiger partial charge is 0.495 e. The van der Waals surface area contributed by atoms with E-state index in [9.17, 15) is 21.6 Å². The SMILES string of the molecule is CNS(=O)(=O)c1cc(C(=O)OCc2ccc(S(=O)(=O)N(C)C)o2)ccc1OC. The molecule has 2 aromatic rings. The molecule has 0 atom stereocenters. The molecule has 1 aromatic heterocycles. The third-order valence-corrected chi connectivity index (χ3v) is 6.80. The molecule has 1 N–H and O–H groups in total. The predicted molar refractivity (Wildman–Crippen MR) is 97.9 cm³/mol. The van der Waals surface area contributed by atoms with Crippen molar-refractivity contribution in [2.45, 2.75) is 16.6 Å². The van der Waals surface area contributed by atoms with Crippen LogP contribution in [0.4, 0.5) is 0 Å². The summed E-state index contributed by atoms with van der Waals surface area (Å²) in [5, 5.41) is -0.282. The van der Waals surface area contributed by atoms with Crippen LogP contribution in [0.2, 0.25) is 0 Å². The second-order valence-corrected chi connectivity index (χ2v) is 9.60. The molecule has 10 nitrogen and oxygen atoms in total. The van der Waals surface area contributed by atoms with Crippen LogP contribution in [0.15, 0.2) is 44.7 Å². The highest BCUT2D eigenvalue weighted by atomic mass is 32.2. The van der Waals surface area contributed by atoms with Gasteiger partial charge in [0, 0.05) is 14.1 Å². The van der Waals surface area contributed by atoms with E-state index in [0.29, 0.717) is 0 Å². The quantitative estimate of drug-likeness (QED) is 0.606. The topological polar surface area (TPSA) is 132 Å². The summed E-state index contributed by atoms with van der Waals surface area (Å²) in [5.41, 5.74) is -0.0256. The Morgan fingerprint density at radius 2 is 1.82 bits per heavy atom. The Hall–Kier alpha value is -2.41. The molecule has 0 radical (unpaired) electrons. The number of sulfonamides is 2. The van der Waals surface area contributed by atoms with Crippen molar-refractivity contribution in [3.05, 3.63) is 41.7 Å². The number of nitrogens with zero attached hydrogens (tertiary/aromatic N) is 1. The molecule has 0 aliphatic carbocycles. The van der Waals surface area contributed by atoms with E-state index in [2.05, 4.69) is 4.72 Å². The molecule has 0 bridgehead atoms. The predicted octanol–water partition coefficient (Wildman–Crippen LogP) is 0.804. The van der Waals surface area contributed by atoms with Crippen molar-refractivity contribution >= 4 is 26.0 Å². The van der Waals surface area contributed by atoms with E-state index in [1.54, 1.807) is 0 Å². The third kappa shape index (κ3) is 4.52. The minimum Gasteiger partial charge on any atom is -0.495 e. The monoisotopic (exact) mass is 432 g/mol. The van der Waals surface area contributed by atoms with Gasteiger partial charge in [0.15, 0.2) is 0 Å². The summed E-state index contributed by atoms with van der Waals surface area (Å²) >= 11 is 0. The van der Waals surface area contributed by atoms with E-state index in [1.165, 1.54) is 52.5 Å². The maximum atomic E-state index is 12.3. The van der Waals surface area contributed by atoms with Gasteiger partial charge in [0.25, 0.3) is 10.0 Å². The number of esters is 1. The molecule has 2 rings (SSSR count). The van der Waals surface area contributed by atoms with E-state index < -0.39 is 26.0 Å².